The molecule has 0 aromatic heterocycles. The summed E-state index contributed by atoms with van der Waals surface area (Å²) < 4.78 is 1.97. The number of fused-ring (bicyclic) bond motifs is 3. The highest BCUT2D eigenvalue weighted by Gasteiger charge is 2.45. The Labute approximate surface area is 300 Å². The van der Waals surface area contributed by atoms with Crippen LogP contribution in [-0.4, -0.2) is 16.2 Å². The molecule has 3 nitrogen and oxygen atoms in total. The zero-order chi connectivity index (χ0) is 36.2. The van der Waals surface area contributed by atoms with E-state index in [2.05, 4.69) is 163 Å². The van der Waals surface area contributed by atoms with E-state index in [0.717, 1.165) is 27.9 Å². The zero-order valence-electron chi connectivity index (χ0n) is 28.0. The average molecular weight is 646 g/mol. The van der Waals surface area contributed by atoms with Crippen LogP contribution >= 0.6 is 0 Å². The standard InChI is InChI=1S/C48H25N2O/c1-5-6-7-8-9-10-11-12-13-14-15-16-17-18-19-20-21-22-23-30-40-50-45-38-37-42-32-27-28-35-44(42)47(45)48(3,4)46(50)36-29-31-39-49(41(2)51)43-33-25-24-26-34-43/h1,24-29,31-39H,2-4H3/q+1. The van der Waals surface area contributed by atoms with Crippen molar-refractivity contribution >= 4 is 33.8 Å². The Morgan fingerprint density at radius 1 is 0.647 bits per heavy atom. The van der Waals surface area contributed by atoms with Gasteiger partial charge in [-0.05, 0) is 96.3 Å². The van der Waals surface area contributed by atoms with Gasteiger partial charge < -0.3 is 0 Å². The molecule has 1 amide bonds. The molecular weight excluding hydrogens is 621 g/mol. The van der Waals surface area contributed by atoms with Gasteiger partial charge in [-0.15, -0.1) is 11.0 Å². The minimum absolute atomic E-state index is 0.0860. The van der Waals surface area contributed by atoms with Gasteiger partial charge in [0.1, 0.15) is 0 Å². The van der Waals surface area contributed by atoms with E-state index >= 15 is 0 Å². The second-order valence-electron chi connectivity index (χ2n) is 10.6. The Hall–Kier alpha value is -8.30. The lowest BCUT2D eigenvalue weighted by Gasteiger charge is -2.17. The average Bonchev–Trinajstić information content (AvgIpc) is 3.35. The highest BCUT2D eigenvalue weighted by molar-refractivity contribution is 6.08. The number of carbonyl (C=O) groups excluding carboxylic acids is 1. The second kappa shape index (κ2) is 18.7. The molecule has 0 fully saturated rings. The topological polar surface area (TPSA) is 23.3 Å². The van der Waals surface area contributed by atoms with Crippen molar-refractivity contribution in [3.05, 3.63) is 96.7 Å². The molecule has 232 valence electrons. The summed E-state index contributed by atoms with van der Waals surface area (Å²) in [6.45, 7) is 5.90. The molecule has 0 saturated carbocycles. The van der Waals surface area contributed by atoms with Gasteiger partial charge in [0, 0.05) is 102 Å². The van der Waals surface area contributed by atoms with Gasteiger partial charge in [0.2, 0.25) is 23.4 Å². The van der Waals surface area contributed by atoms with Crippen LogP contribution in [0.4, 0.5) is 11.4 Å². The lowest BCUT2D eigenvalue weighted by atomic mass is 9.79. The molecule has 1 heterocycles. The van der Waals surface area contributed by atoms with Crippen LogP contribution in [0.3, 0.4) is 0 Å². The number of allylic oxidation sites excluding steroid dienone is 3. The van der Waals surface area contributed by atoms with Crippen molar-refractivity contribution in [3.8, 4) is 131 Å². The largest absolute Gasteiger partial charge is 0.288 e. The quantitative estimate of drug-likeness (QED) is 0.195. The van der Waals surface area contributed by atoms with E-state index < -0.39 is 0 Å². The number of anilines is 1. The fourth-order valence-corrected chi connectivity index (χ4v) is 4.94. The Bertz CT molecular complexity index is 2700. The molecule has 1 aliphatic heterocycles. The molecule has 0 saturated heterocycles. The van der Waals surface area contributed by atoms with Crippen LogP contribution in [0.1, 0.15) is 26.3 Å². The third-order valence-electron chi connectivity index (χ3n) is 6.99. The maximum atomic E-state index is 12.3. The van der Waals surface area contributed by atoms with Crippen molar-refractivity contribution < 1.29 is 9.37 Å². The SMILES string of the molecule is C#CC#CC#CC#CC#CC#CC#CC#CC#CC#CC#C[N+]1=C(/C=C/C=C/N(C(C)=O)c2ccccc2)C(C)(C)c2c1ccc1ccccc21. The number of amides is 1. The third-order valence-corrected chi connectivity index (χ3v) is 6.99. The summed E-state index contributed by atoms with van der Waals surface area (Å²) in [6.07, 6.45) is 12.5. The summed E-state index contributed by atoms with van der Waals surface area (Å²) in [4.78, 5) is 13.9. The fraction of sp³-hybridized carbons (Fsp3) is 0.0833. The number of nitrogens with zero attached hydrogens (tertiary/aromatic N) is 2. The van der Waals surface area contributed by atoms with Crippen molar-refractivity contribution in [3.63, 3.8) is 0 Å². The molecule has 0 aliphatic carbocycles. The van der Waals surface area contributed by atoms with E-state index in [-0.39, 0.29) is 11.3 Å². The van der Waals surface area contributed by atoms with E-state index in [0.29, 0.717) is 0 Å². The number of benzene rings is 3. The van der Waals surface area contributed by atoms with Crippen LogP contribution in [0.5, 0.6) is 0 Å². The first-order chi connectivity index (χ1) is 24.9. The monoisotopic (exact) mass is 645 g/mol. The molecule has 3 aromatic rings. The minimum atomic E-state index is -0.377. The molecule has 0 atom stereocenters. The summed E-state index contributed by atoms with van der Waals surface area (Å²) >= 11 is 0. The summed E-state index contributed by atoms with van der Waals surface area (Å²) in [5.74, 6) is 51.0. The Balaban J connectivity index is 1.53. The first kappa shape index (κ1) is 35.6. The first-order valence-corrected chi connectivity index (χ1v) is 15.3. The normalized spacial score (nSPS) is 10.6. The number of terminal acetylenes is 1. The van der Waals surface area contributed by atoms with Gasteiger partial charge in [-0.3, -0.25) is 9.69 Å². The Kier molecular flexibility index (Phi) is 13.1. The summed E-state index contributed by atoms with van der Waals surface area (Å²) in [5.41, 5.74) is 3.55. The zero-order valence-corrected chi connectivity index (χ0v) is 28.0. The summed E-state index contributed by atoms with van der Waals surface area (Å²) in [6, 6.07) is 25.2. The van der Waals surface area contributed by atoms with Gasteiger partial charge in [-0.1, -0.05) is 48.5 Å². The molecule has 0 N–H and O–H groups in total. The van der Waals surface area contributed by atoms with Crippen molar-refractivity contribution in [1.29, 1.82) is 0 Å². The lowest BCUT2D eigenvalue weighted by molar-refractivity contribution is -0.332. The van der Waals surface area contributed by atoms with Crippen LogP contribution in [0.15, 0.2) is 91.2 Å². The van der Waals surface area contributed by atoms with Crippen molar-refractivity contribution in [2.45, 2.75) is 26.2 Å². The van der Waals surface area contributed by atoms with Crippen LogP contribution < -0.4 is 4.90 Å². The van der Waals surface area contributed by atoms with Crippen molar-refractivity contribution in [2.24, 2.45) is 0 Å². The van der Waals surface area contributed by atoms with Gasteiger partial charge in [0.05, 0.1) is 11.3 Å². The molecule has 4 rings (SSSR count). The van der Waals surface area contributed by atoms with E-state index in [4.69, 9.17) is 6.42 Å². The number of para-hydroxylation sites is 1. The highest BCUT2D eigenvalue weighted by atomic mass is 16.2. The number of rotatable bonds is 4. The third kappa shape index (κ3) is 10.1. The highest BCUT2D eigenvalue weighted by Crippen LogP contribution is 2.44. The Morgan fingerprint density at radius 3 is 1.71 bits per heavy atom. The molecule has 0 spiro atoms. The van der Waals surface area contributed by atoms with Gasteiger partial charge in [-0.2, -0.15) is 0 Å². The summed E-state index contributed by atoms with van der Waals surface area (Å²) in [5, 5.41) is 2.31. The number of carbonyl (C=O) groups is 1. The minimum Gasteiger partial charge on any atom is -0.288 e. The lowest BCUT2D eigenvalue weighted by Crippen LogP contribution is -2.26. The molecule has 3 heteroatoms. The van der Waals surface area contributed by atoms with Gasteiger partial charge in [0.15, 0.2) is 0 Å². The van der Waals surface area contributed by atoms with E-state index in [9.17, 15) is 4.79 Å². The van der Waals surface area contributed by atoms with Crippen molar-refractivity contribution in [2.75, 3.05) is 4.90 Å². The van der Waals surface area contributed by atoms with Gasteiger partial charge >= 0.3 is 0 Å². The smallest absolute Gasteiger partial charge is 0.243 e. The maximum Gasteiger partial charge on any atom is 0.243 e. The molecule has 0 radical (unpaired) electrons. The predicted molar refractivity (Wildman–Crippen MR) is 206 cm³/mol. The van der Waals surface area contributed by atoms with E-state index in [1.165, 1.54) is 12.5 Å². The maximum absolute atomic E-state index is 12.3. The molecule has 0 bridgehead atoms. The molecule has 51 heavy (non-hydrogen) atoms. The van der Waals surface area contributed by atoms with Crippen LogP contribution in [0, 0.1) is 131 Å². The predicted octanol–water partition coefficient (Wildman–Crippen LogP) is 5.96. The summed E-state index contributed by atoms with van der Waals surface area (Å²) in [7, 11) is 0. The Morgan fingerprint density at radius 2 is 1.16 bits per heavy atom. The van der Waals surface area contributed by atoms with Crippen molar-refractivity contribution in [1.82, 2.24) is 0 Å². The fourth-order valence-electron chi connectivity index (χ4n) is 4.94. The van der Waals surface area contributed by atoms with Crippen LogP contribution in [0.2, 0.25) is 0 Å². The second-order valence-corrected chi connectivity index (χ2v) is 10.6. The van der Waals surface area contributed by atoms with E-state index in [1.807, 2.05) is 65.3 Å². The van der Waals surface area contributed by atoms with Gasteiger partial charge in [-0.25, -0.2) is 0 Å². The molecule has 3 aromatic carbocycles. The molecule has 0 unspecified atom stereocenters. The van der Waals surface area contributed by atoms with Crippen LogP contribution in [0.25, 0.3) is 10.8 Å². The van der Waals surface area contributed by atoms with Gasteiger partial charge in [0.25, 0.3) is 0 Å². The molecular formula is C48H25N2O+. The number of hydrogen-bond acceptors (Lipinski definition) is 1. The number of hydrogen-bond donors (Lipinski definition) is 0. The molecule has 1 aliphatic rings. The van der Waals surface area contributed by atoms with Crippen LogP contribution in [-0.2, 0) is 10.2 Å². The first-order valence-electron chi connectivity index (χ1n) is 15.3. The van der Waals surface area contributed by atoms with E-state index in [1.54, 1.807) is 11.1 Å².